The molecule has 0 aliphatic heterocycles. The lowest BCUT2D eigenvalue weighted by Gasteiger charge is -2.38. The summed E-state index contributed by atoms with van der Waals surface area (Å²) in [5, 5.41) is 5.71. The third-order valence-corrected chi connectivity index (χ3v) is 4.63. The molecule has 1 fully saturated rings. The number of amides is 2. The Kier molecular flexibility index (Phi) is 6.17. The van der Waals surface area contributed by atoms with Gasteiger partial charge >= 0.3 is 0 Å². The number of nitrogens with zero attached hydrogens (tertiary/aromatic N) is 1. The molecule has 0 bridgehead atoms. The van der Waals surface area contributed by atoms with Crippen LogP contribution >= 0.6 is 0 Å². The van der Waals surface area contributed by atoms with Crippen LogP contribution in [0.2, 0.25) is 0 Å². The van der Waals surface area contributed by atoms with E-state index in [1.54, 1.807) is 36.5 Å². The van der Waals surface area contributed by atoms with Crippen molar-refractivity contribution < 1.29 is 19.1 Å². The minimum atomic E-state index is -0.285. The van der Waals surface area contributed by atoms with Gasteiger partial charge in [0.25, 0.3) is 5.91 Å². The number of carbonyl (C=O) groups excluding carboxylic acids is 2. The van der Waals surface area contributed by atoms with Crippen molar-refractivity contribution in [1.29, 1.82) is 0 Å². The van der Waals surface area contributed by atoms with Crippen molar-refractivity contribution in [2.45, 2.75) is 45.3 Å². The van der Waals surface area contributed by atoms with Crippen LogP contribution in [0.1, 0.15) is 44.0 Å². The van der Waals surface area contributed by atoms with Gasteiger partial charge in [-0.25, -0.2) is 0 Å². The predicted molar refractivity (Wildman–Crippen MR) is 111 cm³/mol. The van der Waals surface area contributed by atoms with Gasteiger partial charge in [0.05, 0.1) is 30.1 Å². The van der Waals surface area contributed by atoms with Gasteiger partial charge in [-0.15, -0.1) is 0 Å². The highest BCUT2D eigenvalue weighted by atomic mass is 16.5. The largest absolute Gasteiger partial charge is 0.494 e. The normalized spacial score (nSPS) is 18.5. The first-order valence-electron chi connectivity index (χ1n) is 9.63. The third-order valence-electron chi connectivity index (χ3n) is 4.63. The molecule has 2 amide bonds. The molecule has 1 aromatic heterocycles. The molecule has 1 aromatic carbocycles. The molecular formula is C22H27N3O4. The van der Waals surface area contributed by atoms with Crippen molar-refractivity contribution in [3.8, 4) is 5.75 Å². The highest BCUT2D eigenvalue weighted by Gasteiger charge is 2.37. The van der Waals surface area contributed by atoms with E-state index in [9.17, 15) is 9.59 Å². The van der Waals surface area contributed by atoms with Gasteiger partial charge in [0.2, 0.25) is 5.91 Å². The second-order valence-corrected chi connectivity index (χ2v) is 8.12. The average molecular weight is 397 g/mol. The van der Waals surface area contributed by atoms with Gasteiger partial charge in [0.15, 0.2) is 0 Å². The van der Waals surface area contributed by atoms with Crippen molar-refractivity contribution in [2.75, 3.05) is 17.7 Å². The van der Waals surface area contributed by atoms with Gasteiger partial charge < -0.3 is 20.1 Å². The summed E-state index contributed by atoms with van der Waals surface area (Å²) in [5.41, 5.74) is 1.38. The molecule has 0 unspecified atom stereocenters. The van der Waals surface area contributed by atoms with E-state index in [-0.39, 0.29) is 29.4 Å². The molecule has 2 aromatic rings. The maximum atomic E-state index is 12.5. The molecule has 0 saturated heterocycles. The molecule has 154 valence electrons. The molecule has 1 aliphatic rings. The Morgan fingerprint density at radius 1 is 1.14 bits per heavy atom. The second-order valence-electron chi connectivity index (χ2n) is 8.12. The third kappa shape index (κ3) is 5.54. The summed E-state index contributed by atoms with van der Waals surface area (Å²) in [6, 6.07) is 8.51. The Labute approximate surface area is 170 Å². The monoisotopic (exact) mass is 397 g/mol. The van der Waals surface area contributed by atoms with Crippen LogP contribution in [0.15, 0.2) is 42.7 Å². The standard InChI is InChI=1S/C22H27N3O4/c1-22(2,3)29-17-10-15(11-17)21(27)24-16-7-8-18(19(12-16)28-4)25-20(26)14-6-5-9-23-13-14/h5-9,12-13,15,17H,10-11H2,1-4H3,(H,24,27)(H,25,26). The molecule has 0 spiro atoms. The summed E-state index contributed by atoms with van der Waals surface area (Å²) in [6.07, 6.45) is 4.67. The Morgan fingerprint density at radius 3 is 2.52 bits per heavy atom. The number of anilines is 2. The molecule has 1 saturated carbocycles. The van der Waals surface area contributed by atoms with Gasteiger partial charge in [0, 0.05) is 30.1 Å². The smallest absolute Gasteiger partial charge is 0.257 e. The molecule has 1 heterocycles. The van der Waals surface area contributed by atoms with Crippen molar-refractivity contribution in [3.05, 3.63) is 48.3 Å². The summed E-state index contributed by atoms with van der Waals surface area (Å²) in [6.45, 7) is 6.05. The Morgan fingerprint density at radius 2 is 1.90 bits per heavy atom. The van der Waals surface area contributed by atoms with Gasteiger partial charge in [-0.05, 0) is 57.9 Å². The summed E-state index contributed by atoms with van der Waals surface area (Å²) < 4.78 is 11.3. The van der Waals surface area contributed by atoms with Crippen molar-refractivity contribution in [1.82, 2.24) is 4.98 Å². The number of rotatable bonds is 6. The van der Waals surface area contributed by atoms with E-state index in [0.29, 0.717) is 22.7 Å². The minimum absolute atomic E-state index is 0.0343. The molecule has 29 heavy (non-hydrogen) atoms. The first kappa shape index (κ1) is 20.8. The average Bonchev–Trinajstić information content (AvgIpc) is 2.65. The molecule has 0 radical (unpaired) electrons. The van der Waals surface area contributed by atoms with E-state index in [2.05, 4.69) is 15.6 Å². The fourth-order valence-corrected chi connectivity index (χ4v) is 3.18. The van der Waals surface area contributed by atoms with Crippen LogP contribution in [0.3, 0.4) is 0 Å². The lowest BCUT2D eigenvalue weighted by Crippen LogP contribution is -2.42. The zero-order chi connectivity index (χ0) is 21.0. The van der Waals surface area contributed by atoms with E-state index in [1.807, 2.05) is 20.8 Å². The molecule has 7 heteroatoms. The fourth-order valence-electron chi connectivity index (χ4n) is 3.18. The van der Waals surface area contributed by atoms with Crippen LogP contribution in [-0.4, -0.2) is 35.6 Å². The first-order valence-corrected chi connectivity index (χ1v) is 9.63. The van der Waals surface area contributed by atoms with E-state index >= 15 is 0 Å². The summed E-state index contributed by atoms with van der Waals surface area (Å²) >= 11 is 0. The number of nitrogens with one attached hydrogen (secondary N) is 2. The van der Waals surface area contributed by atoms with Gasteiger partial charge in [-0.2, -0.15) is 0 Å². The quantitative estimate of drug-likeness (QED) is 0.772. The number of carbonyl (C=O) groups is 2. The maximum absolute atomic E-state index is 12.5. The van der Waals surface area contributed by atoms with Crippen molar-refractivity contribution >= 4 is 23.2 Å². The van der Waals surface area contributed by atoms with Crippen LogP contribution in [0.4, 0.5) is 11.4 Å². The maximum Gasteiger partial charge on any atom is 0.257 e. The number of benzene rings is 1. The summed E-state index contributed by atoms with van der Waals surface area (Å²) in [4.78, 5) is 28.7. The van der Waals surface area contributed by atoms with Crippen LogP contribution in [0, 0.1) is 5.92 Å². The van der Waals surface area contributed by atoms with Gasteiger partial charge in [0.1, 0.15) is 5.75 Å². The van der Waals surface area contributed by atoms with Crippen molar-refractivity contribution in [3.63, 3.8) is 0 Å². The number of hydrogen-bond acceptors (Lipinski definition) is 5. The first-order chi connectivity index (χ1) is 13.7. The van der Waals surface area contributed by atoms with E-state index < -0.39 is 0 Å². The number of methoxy groups -OCH3 is 1. The number of pyridine rings is 1. The van der Waals surface area contributed by atoms with E-state index in [0.717, 1.165) is 12.8 Å². The molecule has 0 atom stereocenters. The minimum Gasteiger partial charge on any atom is -0.494 e. The molecule has 7 nitrogen and oxygen atoms in total. The number of aromatic nitrogens is 1. The Balaban J connectivity index is 1.59. The lowest BCUT2D eigenvalue weighted by molar-refractivity contribution is -0.140. The van der Waals surface area contributed by atoms with Crippen LogP contribution in [-0.2, 0) is 9.53 Å². The molecule has 2 N–H and O–H groups in total. The zero-order valence-electron chi connectivity index (χ0n) is 17.2. The lowest BCUT2D eigenvalue weighted by atomic mass is 9.81. The predicted octanol–water partition coefficient (Wildman–Crippen LogP) is 3.87. The molecular weight excluding hydrogens is 370 g/mol. The topological polar surface area (TPSA) is 89.5 Å². The van der Waals surface area contributed by atoms with Crippen LogP contribution in [0.5, 0.6) is 5.75 Å². The highest BCUT2D eigenvalue weighted by Crippen LogP contribution is 2.35. The number of hydrogen-bond donors (Lipinski definition) is 2. The van der Waals surface area contributed by atoms with E-state index in [4.69, 9.17) is 9.47 Å². The second kappa shape index (κ2) is 8.61. The van der Waals surface area contributed by atoms with Crippen LogP contribution in [0.25, 0.3) is 0 Å². The SMILES string of the molecule is COc1cc(NC(=O)C2CC(OC(C)(C)C)C2)ccc1NC(=O)c1cccnc1. The fraction of sp³-hybridized carbons (Fsp3) is 0.409. The molecule has 3 rings (SSSR count). The van der Waals surface area contributed by atoms with E-state index in [1.165, 1.54) is 13.3 Å². The Hall–Kier alpha value is -2.93. The van der Waals surface area contributed by atoms with Gasteiger partial charge in [-0.3, -0.25) is 14.6 Å². The Bertz CT molecular complexity index is 871. The van der Waals surface area contributed by atoms with Gasteiger partial charge in [-0.1, -0.05) is 0 Å². The number of ether oxygens (including phenoxy) is 2. The zero-order valence-corrected chi connectivity index (χ0v) is 17.2. The molecule has 1 aliphatic carbocycles. The summed E-state index contributed by atoms with van der Waals surface area (Å²) in [7, 11) is 1.51. The van der Waals surface area contributed by atoms with Crippen molar-refractivity contribution in [2.24, 2.45) is 5.92 Å². The summed E-state index contributed by atoms with van der Waals surface area (Å²) in [5.74, 6) is 0.0846. The highest BCUT2D eigenvalue weighted by molar-refractivity contribution is 6.05. The van der Waals surface area contributed by atoms with Crippen LogP contribution < -0.4 is 15.4 Å².